The van der Waals surface area contributed by atoms with Crippen LogP contribution in [0.4, 0.5) is 0 Å². The van der Waals surface area contributed by atoms with Crippen molar-refractivity contribution in [1.82, 2.24) is 0 Å². The molecule has 0 aromatic heterocycles. The molecule has 10 heavy (non-hydrogen) atoms. The van der Waals surface area contributed by atoms with Gasteiger partial charge < -0.3 is 0 Å². The lowest BCUT2D eigenvalue weighted by Crippen LogP contribution is -1.84. The molecule has 0 aliphatic heterocycles. The summed E-state index contributed by atoms with van der Waals surface area (Å²) in [5.74, 6) is 0. The second kappa shape index (κ2) is 3.26. The number of thiocarbonyl (C=S) groups is 1. The molecule has 0 spiro atoms. The van der Waals surface area contributed by atoms with Crippen LogP contribution in [0, 0.1) is 6.92 Å². The molecular formula is C8H7BrS. The van der Waals surface area contributed by atoms with Crippen LogP contribution in [0.3, 0.4) is 0 Å². The summed E-state index contributed by atoms with van der Waals surface area (Å²) in [6.45, 7) is 2.06. The molecule has 0 N–H and O–H groups in total. The normalized spacial score (nSPS) is 9.40. The van der Waals surface area contributed by atoms with E-state index in [1.807, 2.05) is 24.3 Å². The van der Waals surface area contributed by atoms with Crippen molar-refractivity contribution in [3.63, 3.8) is 0 Å². The van der Waals surface area contributed by atoms with Crippen LogP contribution in [-0.2, 0) is 0 Å². The zero-order valence-electron chi connectivity index (χ0n) is 5.60. The molecular weight excluding hydrogens is 208 g/mol. The van der Waals surface area contributed by atoms with Gasteiger partial charge in [0, 0.05) is 0 Å². The maximum atomic E-state index is 4.92. The van der Waals surface area contributed by atoms with Gasteiger partial charge >= 0.3 is 0 Å². The van der Waals surface area contributed by atoms with Gasteiger partial charge in [0.1, 0.15) is 0 Å². The predicted molar refractivity (Wildman–Crippen MR) is 51.8 cm³/mol. The summed E-state index contributed by atoms with van der Waals surface area (Å²) in [4.78, 5) is 0. The fourth-order valence-electron chi connectivity index (χ4n) is 0.685. The van der Waals surface area contributed by atoms with Gasteiger partial charge in [0.15, 0.2) is 0 Å². The minimum absolute atomic E-state index is 0.771. The van der Waals surface area contributed by atoms with Gasteiger partial charge in [0.2, 0.25) is 0 Å². The minimum atomic E-state index is 0.771. The summed E-state index contributed by atoms with van der Waals surface area (Å²) >= 11 is 8.16. The Morgan fingerprint density at radius 3 is 2.20 bits per heavy atom. The van der Waals surface area contributed by atoms with Crippen LogP contribution in [0.15, 0.2) is 24.3 Å². The van der Waals surface area contributed by atoms with Crippen LogP contribution in [0.1, 0.15) is 11.1 Å². The van der Waals surface area contributed by atoms with Crippen LogP contribution in [-0.4, -0.2) is 3.77 Å². The second-order valence-corrected chi connectivity index (χ2v) is 3.87. The van der Waals surface area contributed by atoms with E-state index in [1.165, 1.54) is 5.56 Å². The van der Waals surface area contributed by atoms with E-state index in [9.17, 15) is 0 Å². The van der Waals surface area contributed by atoms with Crippen LogP contribution < -0.4 is 0 Å². The smallest absolute Gasteiger partial charge is 0.0712 e. The standard InChI is InChI=1S/C8H7BrS/c1-6-2-4-7(5-3-6)8(9)10/h2-5H,1H3. The largest absolute Gasteiger partial charge is 0.0877 e. The zero-order chi connectivity index (χ0) is 7.56. The third kappa shape index (κ3) is 1.89. The van der Waals surface area contributed by atoms with E-state index in [1.54, 1.807) is 0 Å². The summed E-state index contributed by atoms with van der Waals surface area (Å²) in [5, 5.41) is 0. The molecule has 1 rings (SSSR count). The number of hydrogen-bond acceptors (Lipinski definition) is 1. The van der Waals surface area contributed by atoms with Crippen molar-refractivity contribution in [3.05, 3.63) is 35.4 Å². The molecule has 0 saturated carbocycles. The summed E-state index contributed by atoms with van der Waals surface area (Å²) in [5.41, 5.74) is 2.33. The molecule has 1 aromatic rings. The van der Waals surface area contributed by atoms with Crippen LogP contribution >= 0.6 is 28.1 Å². The van der Waals surface area contributed by atoms with Crippen molar-refractivity contribution >= 4 is 31.9 Å². The Balaban J connectivity index is 3.00. The van der Waals surface area contributed by atoms with Gasteiger partial charge in [0.05, 0.1) is 3.77 Å². The lowest BCUT2D eigenvalue weighted by Gasteiger charge is -1.95. The maximum absolute atomic E-state index is 4.92. The molecule has 0 bridgehead atoms. The highest BCUT2D eigenvalue weighted by Crippen LogP contribution is 2.08. The SMILES string of the molecule is Cc1ccc(C(=S)Br)cc1. The summed E-state index contributed by atoms with van der Waals surface area (Å²) in [6, 6.07) is 8.10. The van der Waals surface area contributed by atoms with Crippen molar-refractivity contribution < 1.29 is 0 Å². The molecule has 0 heterocycles. The van der Waals surface area contributed by atoms with Gasteiger partial charge in [-0.15, -0.1) is 0 Å². The molecule has 0 radical (unpaired) electrons. The van der Waals surface area contributed by atoms with Gasteiger partial charge in [0.25, 0.3) is 0 Å². The lowest BCUT2D eigenvalue weighted by atomic mass is 10.2. The van der Waals surface area contributed by atoms with E-state index < -0.39 is 0 Å². The Hall–Kier alpha value is -0.210. The van der Waals surface area contributed by atoms with Gasteiger partial charge in [-0.05, 0) is 28.4 Å². The number of hydrogen-bond donors (Lipinski definition) is 0. The Labute approximate surface area is 74.4 Å². The fraction of sp³-hybridized carbons (Fsp3) is 0.125. The average molecular weight is 215 g/mol. The first kappa shape index (κ1) is 7.89. The number of aryl methyl sites for hydroxylation is 1. The van der Waals surface area contributed by atoms with Crippen molar-refractivity contribution in [1.29, 1.82) is 0 Å². The van der Waals surface area contributed by atoms with Crippen LogP contribution in [0.25, 0.3) is 0 Å². The van der Waals surface area contributed by atoms with E-state index in [4.69, 9.17) is 12.2 Å². The third-order valence-corrected chi connectivity index (χ3v) is 1.97. The Morgan fingerprint density at radius 1 is 1.30 bits per heavy atom. The van der Waals surface area contributed by atoms with Gasteiger partial charge in [-0.2, -0.15) is 0 Å². The molecule has 1 aromatic carbocycles. The van der Waals surface area contributed by atoms with Gasteiger partial charge in [-0.3, -0.25) is 0 Å². The minimum Gasteiger partial charge on any atom is -0.0712 e. The number of halogens is 1. The molecule has 0 aliphatic carbocycles. The number of rotatable bonds is 1. The highest BCUT2D eigenvalue weighted by atomic mass is 79.9. The molecule has 0 nitrogen and oxygen atoms in total. The molecule has 0 unspecified atom stereocenters. The highest BCUT2D eigenvalue weighted by Gasteiger charge is 1.93. The van der Waals surface area contributed by atoms with E-state index in [0.717, 1.165) is 9.34 Å². The monoisotopic (exact) mass is 214 g/mol. The van der Waals surface area contributed by atoms with Gasteiger partial charge in [-0.25, -0.2) is 0 Å². The fourth-order valence-corrected chi connectivity index (χ4v) is 1.09. The molecule has 52 valence electrons. The quantitative estimate of drug-likeness (QED) is 0.512. The Kier molecular flexibility index (Phi) is 2.57. The van der Waals surface area contributed by atoms with E-state index in [0.29, 0.717) is 0 Å². The van der Waals surface area contributed by atoms with Gasteiger partial charge in [-0.1, -0.05) is 42.0 Å². The topological polar surface area (TPSA) is 0 Å². The molecule has 0 saturated heterocycles. The third-order valence-electron chi connectivity index (χ3n) is 1.28. The first-order valence-corrected chi connectivity index (χ1v) is 4.17. The van der Waals surface area contributed by atoms with Crippen molar-refractivity contribution in [3.8, 4) is 0 Å². The lowest BCUT2D eigenvalue weighted by molar-refractivity contribution is 1.47. The molecule has 0 aliphatic rings. The average Bonchev–Trinajstić information content (AvgIpc) is 1.88. The van der Waals surface area contributed by atoms with E-state index in [-0.39, 0.29) is 0 Å². The van der Waals surface area contributed by atoms with E-state index >= 15 is 0 Å². The molecule has 0 amide bonds. The van der Waals surface area contributed by atoms with Crippen molar-refractivity contribution in [2.75, 3.05) is 0 Å². The molecule has 0 fully saturated rings. The van der Waals surface area contributed by atoms with Crippen LogP contribution in [0.5, 0.6) is 0 Å². The molecule has 0 atom stereocenters. The van der Waals surface area contributed by atoms with E-state index in [2.05, 4.69) is 22.9 Å². The molecule has 2 heteroatoms. The highest BCUT2D eigenvalue weighted by molar-refractivity contribution is 9.20. The maximum Gasteiger partial charge on any atom is 0.0877 e. The first-order chi connectivity index (χ1) is 4.70. The Morgan fingerprint density at radius 2 is 1.80 bits per heavy atom. The summed E-state index contributed by atoms with van der Waals surface area (Å²) in [7, 11) is 0. The van der Waals surface area contributed by atoms with Crippen molar-refractivity contribution in [2.45, 2.75) is 6.92 Å². The summed E-state index contributed by atoms with van der Waals surface area (Å²) < 4.78 is 0.771. The zero-order valence-corrected chi connectivity index (χ0v) is 8.00. The number of benzene rings is 1. The second-order valence-electron chi connectivity index (χ2n) is 2.14. The predicted octanol–water partition coefficient (Wildman–Crippen LogP) is 3.07. The van der Waals surface area contributed by atoms with Crippen LogP contribution in [0.2, 0.25) is 0 Å². The first-order valence-electron chi connectivity index (χ1n) is 2.96. The Bertz CT molecular complexity index is 238. The summed E-state index contributed by atoms with van der Waals surface area (Å²) in [6.07, 6.45) is 0. The van der Waals surface area contributed by atoms with Crippen molar-refractivity contribution in [2.24, 2.45) is 0 Å².